The standard InChI is InChI=1S/C9H11F2N3O2/c1-2-16-9(15)7-6(13)4(12)3-5(14-7)8(10)11/h3,8H,2,13H2,1H3,(H2,12,14). The number of nitrogens with two attached hydrogens (primary N) is 2. The van der Waals surface area contributed by atoms with E-state index in [9.17, 15) is 13.6 Å². The lowest BCUT2D eigenvalue weighted by atomic mass is 10.2. The van der Waals surface area contributed by atoms with Crippen LogP contribution in [0.1, 0.15) is 29.5 Å². The average molecular weight is 231 g/mol. The first-order chi connectivity index (χ1) is 7.47. The van der Waals surface area contributed by atoms with Gasteiger partial charge in [0.1, 0.15) is 5.69 Å². The minimum Gasteiger partial charge on any atom is -0.461 e. The van der Waals surface area contributed by atoms with Crippen LogP contribution >= 0.6 is 0 Å². The number of nitrogens with zero attached hydrogens (tertiary/aromatic N) is 1. The van der Waals surface area contributed by atoms with Gasteiger partial charge >= 0.3 is 5.97 Å². The second-order valence-electron chi connectivity index (χ2n) is 2.92. The molecule has 0 aliphatic rings. The predicted octanol–water partition coefficient (Wildman–Crippen LogP) is 1.36. The minimum absolute atomic E-state index is 0.0960. The van der Waals surface area contributed by atoms with Crippen LogP contribution in [-0.4, -0.2) is 17.6 Å². The highest BCUT2D eigenvalue weighted by molar-refractivity contribution is 5.95. The Bertz CT molecular complexity index is 410. The van der Waals surface area contributed by atoms with Crippen LogP contribution in [-0.2, 0) is 4.74 Å². The Morgan fingerprint density at radius 2 is 2.19 bits per heavy atom. The van der Waals surface area contributed by atoms with E-state index in [0.717, 1.165) is 6.07 Å². The highest BCUT2D eigenvalue weighted by Crippen LogP contribution is 2.25. The van der Waals surface area contributed by atoms with Crippen LogP contribution in [0.25, 0.3) is 0 Å². The summed E-state index contributed by atoms with van der Waals surface area (Å²) in [5.74, 6) is -0.866. The third kappa shape index (κ3) is 2.36. The highest BCUT2D eigenvalue weighted by Gasteiger charge is 2.20. The Balaban J connectivity index is 3.21. The molecule has 0 saturated carbocycles. The number of halogens is 2. The third-order valence-electron chi connectivity index (χ3n) is 1.80. The minimum atomic E-state index is -2.82. The van der Waals surface area contributed by atoms with E-state index >= 15 is 0 Å². The molecule has 0 amide bonds. The number of rotatable bonds is 3. The molecule has 0 bridgehead atoms. The molecular formula is C9H11F2N3O2. The molecule has 1 aromatic heterocycles. The van der Waals surface area contributed by atoms with Gasteiger partial charge in [0.25, 0.3) is 6.43 Å². The second kappa shape index (κ2) is 4.73. The Labute approximate surface area is 90.4 Å². The van der Waals surface area contributed by atoms with Crippen molar-refractivity contribution < 1.29 is 18.3 Å². The summed E-state index contributed by atoms with van der Waals surface area (Å²) >= 11 is 0. The summed E-state index contributed by atoms with van der Waals surface area (Å²) in [5, 5.41) is 0. The monoisotopic (exact) mass is 231 g/mol. The first-order valence-corrected chi connectivity index (χ1v) is 4.48. The number of anilines is 2. The van der Waals surface area contributed by atoms with E-state index < -0.39 is 18.1 Å². The maximum atomic E-state index is 12.4. The number of esters is 1. The van der Waals surface area contributed by atoms with Crippen molar-refractivity contribution in [2.75, 3.05) is 18.1 Å². The van der Waals surface area contributed by atoms with Crippen molar-refractivity contribution in [3.63, 3.8) is 0 Å². The van der Waals surface area contributed by atoms with Gasteiger partial charge in [-0.15, -0.1) is 0 Å². The summed E-state index contributed by atoms with van der Waals surface area (Å²) in [6, 6.07) is 0.933. The summed E-state index contributed by atoms with van der Waals surface area (Å²) in [6.45, 7) is 1.67. The molecule has 0 aliphatic carbocycles. The van der Waals surface area contributed by atoms with E-state index in [1.54, 1.807) is 6.92 Å². The SMILES string of the molecule is CCOC(=O)c1nc(C(F)F)cc(N)c1N. The molecule has 0 unspecified atom stereocenters. The summed E-state index contributed by atoms with van der Waals surface area (Å²) in [6.07, 6.45) is -2.82. The molecule has 0 fully saturated rings. The van der Waals surface area contributed by atoms with Crippen LogP contribution in [0.4, 0.5) is 20.2 Å². The van der Waals surface area contributed by atoms with Gasteiger partial charge in [-0.05, 0) is 13.0 Å². The maximum Gasteiger partial charge on any atom is 0.359 e. The van der Waals surface area contributed by atoms with Gasteiger partial charge in [0.2, 0.25) is 0 Å². The largest absolute Gasteiger partial charge is 0.461 e. The Morgan fingerprint density at radius 1 is 1.56 bits per heavy atom. The first-order valence-electron chi connectivity index (χ1n) is 4.48. The number of pyridine rings is 1. The molecule has 5 nitrogen and oxygen atoms in total. The van der Waals surface area contributed by atoms with Gasteiger partial charge < -0.3 is 16.2 Å². The van der Waals surface area contributed by atoms with Crippen molar-refractivity contribution in [1.82, 2.24) is 4.98 Å². The smallest absolute Gasteiger partial charge is 0.359 e. The number of alkyl halides is 2. The highest BCUT2D eigenvalue weighted by atomic mass is 19.3. The van der Waals surface area contributed by atoms with Gasteiger partial charge in [-0.25, -0.2) is 18.6 Å². The first kappa shape index (κ1) is 12.2. The number of carbonyl (C=O) groups excluding carboxylic acids is 1. The fourth-order valence-electron chi connectivity index (χ4n) is 1.06. The van der Waals surface area contributed by atoms with Crippen molar-refractivity contribution in [2.45, 2.75) is 13.3 Å². The molecule has 0 aromatic carbocycles. The van der Waals surface area contributed by atoms with Crippen LogP contribution in [0.5, 0.6) is 0 Å². The van der Waals surface area contributed by atoms with Crippen molar-refractivity contribution in [3.05, 3.63) is 17.5 Å². The van der Waals surface area contributed by atoms with Crippen LogP contribution in [0.2, 0.25) is 0 Å². The molecular weight excluding hydrogens is 220 g/mol. The van der Waals surface area contributed by atoms with Gasteiger partial charge in [0.15, 0.2) is 5.69 Å². The molecule has 0 aliphatic heterocycles. The summed E-state index contributed by atoms with van der Waals surface area (Å²) in [4.78, 5) is 14.7. The van der Waals surface area contributed by atoms with E-state index in [2.05, 4.69) is 9.72 Å². The lowest BCUT2D eigenvalue weighted by Crippen LogP contribution is -2.13. The molecule has 16 heavy (non-hydrogen) atoms. The Hall–Kier alpha value is -1.92. The molecule has 0 spiro atoms. The van der Waals surface area contributed by atoms with Gasteiger partial charge in [-0.2, -0.15) is 0 Å². The quantitative estimate of drug-likeness (QED) is 0.766. The molecule has 1 aromatic rings. The molecule has 1 rings (SSSR count). The molecule has 7 heteroatoms. The number of aromatic nitrogens is 1. The van der Waals surface area contributed by atoms with Crippen molar-refractivity contribution in [1.29, 1.82) is 0 Å². The number of ether oxygens (including phenoxy) is 1. The molecule has 4 N–H and O–H groups in total. The van der Waals surface area contributed by atoms with Gasteiger partial charge in [-0.1, -0.05) is 0 Å². The fourth-order valence-corrected chi connectivity index (χ4v) is 1.06. The van der Waals surface area contributed by atoms with Crippen LogP contribution < -0.4 is 11.5 Å². The zero-order chi connectivity index (χ0) is 12.3. The van der Waals surface area contributed by atoms with E-state index in [1.807, 2.05) is 0 Å². The molecule has 0 saturated heterocycles. The average Bonchev–Trinajstić information content (AvgIpc) is 2.21. The number of nitrogen functional groups attached to an aromatic ring is 2. The van der Waals surface area contributed by atoms with Crippen molar-refractivity contribution in [2.24, 2.45) is 0 Å². The van der Waals surface area contributed by atoms with Crippen molar-refractivity contribution >= 4 is 17.3 Å². The van der Waals surface area contributed by atoms with Crippen LogP contribution in [0, 0.1) is 0 Å². The molecule has 88 valence electrons. The normalized spacial score (nSPS) is 10.5. The lowest BCUT2D eigenvalue weighted by molar-refractivity contribution is 0.0519. The van der Waals surface area contributed by atoms with Gasteiger partial charge in [0, 0.05) is 0 Å². The van der Waals surface area contributed by atoms with Crippen molar-refractivity contribution in [3.8, 4) is 0 Å². The Morgan fingerprint density at radius 3 is 2.69 bits per heavy atom. The van der Waals surface area contributed by atoms with E-state index in [0.29, 0.717) is 0 Å². The van der Waals surface area contributed by atoms with Crippen LogP contribution in [0.3, 0.4) is 0 Å². The summed E-state index contributed by atoms with van der Waals surface area (Å²) < 4.78 is 29.4. The number of hydrogen-bond donors (Lipinski definition) is 2. The molecule has 0 atom stereocenters. The van der Waals surface area contributed by atoms with E-state index in [-0.39, 0.29) is 23.7 Å². The third-order valence-corrected chi connectivity index (χ3v) is 1.80. The zero-order valence-electron chi connectivity index (χ0n) is 8.54. The fraction of sp³-hybridized carbons (Fsp3) is 0.333. The maximum absolute atomic E-state index is 12.4. The van der Waals surface area contributed by atoms with E-state index in [4.69, 9.17) is 11.5 Å². The van der Waals surface area contributed by atoms with Crippen LogP contribution in [0.15, 0.2) is 6.07 Å². The van der Waals surface area contributed by atoms with Gasteiger partial charge in [0.05, 0.1) is 18.0 Å². The Kier molecular flexibility index (Phi) is 3.60. The summed E-state index contributed by atoms with van der Waals surface area (Å²) in [5.41, 5.74) is 9.59. The number of carbonyl (C=O) groups is 1. The van der Waals surface area contributed by atoms with E-state index in [1.165, 1.54) is 0 Å². The van der Waals surface area contributed by atoms with Gasteiger partial charge in [-0.3, -0.25) is 0 Å². The zero-order valence-corrected chi connectivity index (χ0v) is 8.54. The molecule has 0 radical (unpaired) electrons. The topological polar surface area (TPSA) is 91.2 Å². The lowest BCUT2D eigenvalue weighted by Gasteiger charge is -2.09. The predicted molar refractivity (Wildman–Crippen MR) is 54.0 cm³/mol. The molecule has 1 heterocycles. The number of hydrogen-bond acceptors (Lipinski definition) is 5. The second-order valence-corrected chi connectivity index (χ2v) is 2.92. The summed E-state index contributed by atoms with van der Waals surface area (Å²) in [7, 11) is 0.